The minimum atomic E-state index is 0.0620. The number of nitrogens with zero attached hydrogens (tertiary/aromatic N) is 2. The number of aryl methyl sites for hydroxylation is 1. The molecule has 1 fully saturated rings. The van der Waals surface area contributed by atoms with Crippen LogP contribution in [0.1, 0.15) is 28.8 Å². The summed E-state index contributed by atoms with van der Waals surface area (Å²) in [5.41, 5.74) is 8.25. The van der Waals surface area contributed by atoms with Crippen LogP contribution in [0.15, 0.2) is 18.2 Å². The second-order valence-electron chi connectivity index (χ2n) is 5.55. The maximum absolute atomic E-state index is 12.5. The predicted octanol–water partition coefficient (Wildman–Crippen LogP) is 1.74. The van der Waals surface area contributed by atoms with E-state index < -0.39 is 0 Å². The number of rotatable bonds is 2. The largest absolute Gasteiger partial charge is 0.398 e. The van der Waals surface area contributed by atoms with Gasteiger partial charge in [-0.25, -0.2) is 0 Å². The van der Waals surface area contributed by atoms with Crippen molar-refractivity contribution in [2.24, 2.45) is 0 Å². The number of nitrogen functional groups attached to an aromatic ring is 1. The number of likely N-dealkylation sites (tertiary alicyclic amines) is 1. The van der Waals surface area contributed by atoms with Gasteiger partial charge >= 0.3 is 0 Å². The number of hydrogen-bond acceptors (Lipinski definition) is 3. The molecule has 4 nitrogen and oxygen atoms in total. The number of benzene rings is 1. The molecule has 0 radical (unpaired) electrons. The van der Waals surface area contributed by atoms with Gasteiger partial charge in [-0.15, -0.1) is 0 Å². The lowest BCUT2D eigenvalue weighted by molar-refractivity contribution is 0.0644. The van der Waals surface area contributed by atoms with Gasteiger partial charge in [0, 0.05) is 30.9 Å². The first-order valence-corrected chi connectivity index (χ1v) is 6.81. The standard InChI is InChI=1S/C15H23N3O/c1-11-6-7-12(9-14(11)16)15(19)18(3)13-5-4-8-17(2)10-13/h6-7,9,13H,4-5,8,10,16H2,1-3H3. The Hall–Kier alpha value is -1.55. The molecule has 4 heteroatoms. The minimum absolute atomic E-state index is 0.0620. The van der Waals surface area contributed by atoms with Gasteiger partial charge in [-0.3, -0.25) is 4.79 Å². The van der Waals surface area contributed by atoms with E-state index in [1.807, 2.05) is 31.0 Å². The predicted molar refractivity (Wildman–Crippen MR) is 78.2 cm³/mol. The van der Waals surface area contributed by atoms with E-state index in [2.05, 4.69) is 11.9 Å². The zero-order valence-electron chi connectivity index (χ0n) is 12.0. The van der Waals surface area contributed by atoms with Crippen molar-refractivity contribution in [3.05, 3.63) is 29.3 Å². The van der Waals surface area contributed by atoms with E-state index in [9.17, 15) is 4.79 Å². The van der Waals surface area contributed by atoms with Crippen LogP contribution in [0.5, 0.6) is 0 Å². The maximum Gasteiger partial charge on any atom is 0.253 e. The lowest BCUT2D eigenvalue weighted by Crippen LogP contribution is -2.47. The molecule has 1 saturated heterocycles. The molecule has 2 rings (SSSR count). The van der Waals surface area contributed by atoms with Crippen molar-refractivity contribution in [3.8, 4) is 0 Å². The average Bonchev–Trinajstić information content (AvgIpc) is 2.40. The van der Waals surface area contributed by atoms with E-state index in [0.717, 1.165) is 31.5 Å². The van der Waals surface area contributed by atoms with Gasteiger partial charge in [0.25, 0.3) is 5.91 Å². The molecule has 1 aromatic carbocycles. The second kappa shape index (κ2) is 5.61. The molecule has 1 heterocycles. The first-order valence-electron chi connectivity index (χ1n) is 6.81. The molecule has 1 aliphatic rings. The first-order chi connectivity index (χ1) is 8.99. The van der Waals surface area contributed by atoms with Crippen LogP contribution in [-0.2, 0) is 0 Å². The zero-order chi connectivity index (χ0) is 14.0. The normalized spacial score (nSPS) is 20.3. The molecular formula is C15H23N3O. The highest BCUT2D eigenvalue weighted by atomic mass is 16.2. The van der Waals surface area contributed by atoms with Crippen LogP contribution < -0.4 is 5.73 Å². The summed E-state index contributed by atoms with van der Waals surface area (Å²) >= 11 is 0. The van der Waals surface area contributed by atoms with Crippen LogP contribution in [0.2, 0.25) is 0 Å². The van der Waals surface area contributed by atoms with Gasteiger partial charge < -0.3 is 15.5 Å². The summed E-state index contributed by atoms with van der Waals surface area (Å²) < 4.78 is 0. The van der Waals surface area contributed by atoms with E-state index in [1.165, 1.54) is 0 Å². The Kier molecular flexibility index (Phi) is 4.10. The summed E-state index contributed by atoms with van der Waals surface area (Å²) in [5, 5.41) is 0. The van der Waals surface area contributed by atoms with E-state index in [-0.39, 0.29) is 5.91 Å². The molecule has 0 bridgehead atoms. The van der Waals surface area contributed by atoms with Crippen molar-refractivity contribution in [2.75, 3.05) is 32.9 Å². The van der Waals surface area contributed by atoms with Crippen molar-refractivity contribution in [3.63, 3.8) is 0 Å². The molecule has 19 heavy (non-hydrogen) atoms. The topological polar surface area (TPSA) is 49.6 Å². The minimum Gasteiger partial charge on any atom is -0.398 e. The summed E-state index contributed by atoms with van der Waals surface area (Å²) in [6, 6.07) is 5.84. The number of likely N-dealkylation sites (N-methyl/N-ethyl adjacent to an activating group) is 2. The van der Waals surface area contributed by atoms with Crippen LogP contribution in [0.3, 0.4) is 0 Å². The summed E-state index contributed by atoms with van der Waals surface area (Å²) in [4.78, 5) is 16.6. The van der Waals surface area contributed by atoms with Crippen molar-refractivity contribution in [1.29, 1.82) is 0 Å². The Bertz CT molecular complexity index is 472. The number of nitrogens with two attached hydrogens (primary N) is 1. The Labute approximate surface area is 115 Å². The Balaban J connectivity index is 2.11. The van der Waals surface area contributed by atoms with Crippen LogP contribution in [0.25, 0.3) is 0 Å². The van der Waals surface area contributed by atoms with Crippen molar-refractivity contribution in [1.82, 2.24) is 9.80 Å². The number of carbonyl (C=O) groups is 1. The van der Waals surface area contributed by atoms with Crippen molar-refractivity contribution in [2.45, 2.75) is 25.8 Å². The van der Waals surface area contributed by atoms with Crippen molar-refractivity contribution >= 4 is 11.6 Å². The Morgan fingerprint density at radius 3 is 2.84 bits per heavy atom. The summed E-state index contributed by atoms with van der Waals surface area (Å²) in [5.74, 6) is 0.0620. The lowest BCUT2D eigenvalue weighted by Gasteiger charge is -2.36. The van der Waals surface area contributed by atoms with Gasteiger partial charge in [0.2, 0.25) is 0 Å². The lowest BCUT2D eigenvalue weighted by atomic mass is 10.0. The fourth-order valence-electron chi connectivity index (χ4n) is 2.60. The van der Waals surface area contributed by atoms with Gasteiger partial charge in [0.1, 0.15) is 0 Å². The molecule has 0 aliphatic carbocycles. The zero-order valence-corrected chi connectivity index (χ0v) is 12.0. The summed E-state index contributed by atoms with van der Waals surface area (Å²) in [7, 11) is 4.00. The quantitative estimate of drug-likeness (QED) is 0.825. The summed E-state index contributed by atoms with van der Waals surface area (Å²) in [6.07, 6.45) is 2.22. The monoisotopic (exact) mass is 261 g/mol. The highest BCUT2D eigenvalue weighted by Crippen LogP contribution is 2.18. The number of amides is 1. The molecule has 1 aromatic rings. The number of anilines is 1. The molecule has 104 valence electrons. The Morgan fingerprint density at radius 2 is 2.21 bits per heavy atom. The van der Waals surface area contributed by atoms with Crippen LogP contribution >= 0.6 is 0 Å². The van der Waals surface area contributed by atoms with Crippen LogP contribution in [0.4, 0.5) is 5.69 Å². The highest BCUT2D eigenvalue weighted by molar-refractivity contribution is 5.95. The van der Waals surface area contributed by atoms with Gasteiger partial charge in [0.05, 0.1) is 0 Å². The number of piperidine rings is 1. The van der Waals surface area contributed by atoms with E-state index in [1.54, 1.807) is 6.07 Å². The number of hydrogen-bond donors (Lipinski definition) is 1. The Morgan fingerprint density at radius 1 is 1.47 bits per heavy atom. The second-order valence-corrected chi connectivity index (χ2v) is 5.55. The summed E-state index contributed by atoms with van der Waals surface area (Å²) in [6.45, 7) is 4.02. The molecule has 1 amide bonds. The maximum atomic E-state index is 12.5. The van der Waals surface area contributed by atoms with Crippen LogP contribution in [0, 0.1) is 6.92 Å². The molecule has 0 aromatic heterocycles. The first kappa shape index (κ1) is 13.9. The molecular weight excluding hydrogens is 238 g/mol. The van der Waals surface area contributed by atoms with Gasteiger partial charge in [0.15, 0.2) is 0 Å². The third kappa shape index (κ3) is 3.07. The van der Waals surface area contributed by atoms with Crippen molar-refractivity contribution < 1.29 is 4.79 Å². The fraction of sp³-hybridized carbons (Fsp3) is 0.533. The average molecular weight is 261 g/mol. The van der Waals surface area contributed by atoms with Gasteiger partial charge in [-0.1, -0.05) is 6.07 Å². The smallest absolute Gasteiger partial charge is 0.253 e. The third-order valence-corrected chi connectivity index (χ3v) is 3.99. The molecule has 0 saturated carbocycles. The fourth-order valence-corrected chi connectivity index (χ4v) is 2.60. The van der Waals surface area contributed by atoms with E-state index >= 15 is 0 Å². The molecule has 1 aliphatic heterocycles. The third-order valence-electron chi connectivity index (χ3n) is 3.99. The molecule has 1 unspecified atom stereocenters. The highest BCUT2D eigenvalue weighted by Gasteiger charge is 2.25. The van der Waals surface area contributed by atoms with E-state index in [4.69, 9.17) is 5.73 Å². The molecule has 1 atom stereocenters. The van der Waals surface area contributed by atoms with Gasteiger partial charge in [-0.05, 0) is 51.1 Å². The number of carbonyl (C=O) groups excluding carboxylic acids is 1. The molecule has 2 N–H and O–H groups in total. The van der Waals surface area contributed by atoms with Crippen LogP contribution in [-0.4, -0.2) is 48.9 Å². The SMILES string of the molecule is Cc1ccc(C(=O)N(C)C2CCCN(C)C2)cc1N. The van der Waals surface area contributed by atoms with Gasteiger partial charge in [-0.2, -0.15) is 0 Å². The molecule has 0 spiro atoms. The van der Waals surface area contributed by atoms with E-state index in [0.29, 0.717) is 17.3 Å².